The molecule has 0 unspecified atom stereocenters. The maximum absolute atomic E-state index is 11.3. The van der Waals surface area contributed by atoms with Crippen LogP contribution in [0, 0.1) is 0 Å². The normalized spacial score (nSPS) is 9.92. The molecule has 0 bridgehead atoms. The van der Waals surface area contributed by atoms with Gasteiger partial charge in [-0.25, -0.2) is 0 Å². The van der Waals surface area contributed by atoms with Gasteiger partial charge in [0.05, 0.1) is 0 Å². The van der Waals surface area contributed by atoms with Gasteiger partial charge in [-0.1, -0.05) is 0 Å². The van der Waals surface area contributed by atoms with E-state index in [0.29, 0.717) is 18.7 Å². The van der Waals surface area contributed by atoms with Gasteiger partial charge in [-0.15, -0.1) is 11.6 Å². The molecule has 1 aromatic rings. The molecule has 0 aromatic carbocycles. The lowest BCUT2D eigenvalue weighted by Crippen LogP contribution is -2.02. The number of ketones is 1. The molecule has 1 rings (SSSR count). The van der Waals surface area contributed by atoms with Crippen molar-refractivity contribution < 1.29 is 4.79 Å². The third kappa shape index (κ3) is 4.04. The summed E-state index contributed by atoms with van der Waals surface area (Å²) in [4.78, 5) is 15.2. The van der Waals surface area contributed by atoms with E-state index in [-0.39, 0.29) is 5.78 Å². The third-order valence-corrected chi connectivity index (χ3v) is 2.01. The van der Waals surface area contributed by atoms with E-state index in [4.69, 9.17) is 11.6 Å². The summed E-state index contributed by atoms with van der Waals surface area (Å²) in [5.74, 6) is 0.800. The molecule has 70 valence electrons. The molecule has 3 heteroatoms. The smallest absolute Gasteiger partial charge is 0.137 e. The maximum Gasteiger partial charge on any atom is 0.137 e. The Labute approximate surface area is 82.9 Å². The number of aromatic nitrogens is 1. The Bertz CT molecular complexity index is 261. The van der Waals surface area contributed by atoms with E-state index in [9.17, 15) is 4.79 Å². The fourth-order valence-electron chi connectivity index (χ4n) is 1.08. The summed E-state index contributed by atoms with van der Waals surface area (Å²) in [7, 11) is 0. The molecule has 1 aromatic heterocycles. The van der Waals surface area contributed by atoms with Crippen LogP contribution in [0.2, 0.25) is 0 Å². The zero-order valence-electron chi connectivity index (χ0n) is 7.37. The number of carbonyl (C=O) groups excluding carboxylic acids is 1. The Hall–Kier alpha value is -0.890. The number of pyridine rings is 1. The topological polar surface area (TPSA) is 30.0 Å². The number of hydrogen-bond acceptors (Lipinski definition) is 2. The number of alkyl halides is 1. The van der Waals surface area contributed by atoms with Gasteiger partial charge in [0.2, 0.25) is 0 Å². The number of carbonyl (C=O) groups is 1. The molecule has 0 radical (unpaired) electrons. The second-order valence-electron chi connectivity index (χ2n) is 2.86. The molecule has 13 heavy (non-hydrogen) atoms. The lowest BCUT2D eigenvalue weighted by atomic mass is 10.1. The summed E-state index contributed by atoms with van der Waals surface area (Å²) in [5.41, 5.74) is 1.02. The van der Waals surface area contributed by atoms with Crippen LogP contribution in [0.15, 0.2) is 24.5 Å². The van der Waals surface area contributed by atoms with Crippen LogP contribution >= 0.6 is 11.6 Å². The second kappa shape index (κ2) is 5.70. The summed E-state index contributed by atoms with van der Waals surface area (Å²) in [6, 6.07) is 3.72. The zero-order chi connectivity index (χ0) is 9.52. The minimum absolute atomic E-state index is 0.242. The van der Waals surface area contributed by atoms with Crippen LogP contribution in [0.4, 0.5) is 0 Å². The van der Waals surface area contributed by atoms with Crippen LogP contribution in [0.25, 0.3) is 0 Å². The highest BCUT2D eigenvalue weighted by Gasteiger charge is 2.02. The molecule has 2 nitrogen and oxygen atoms in total. The number of halogens is 1. The molecule has 0 saturated heterocycles. The van der Waals surface area contributed by atoms with E-state index in [0.717, 1.165) is 12.0 Å². The van der Waals surface area contributed by atoms with Gasteiger partial charge < -0.3 is 0 Å². The van der Waals surface area contributed by atoms with Gasteiger partial charge in [0.15, 0.2) is 0 Å². The molecule has 0 aliphatic rings. The van der Waals surface area contributed by atoms with Gasteiger partial charge in [0.25, 0.3) is 0 Å². The number of hydrogen-bond donors (Lipinski definition) is 0. The first-order valence-corrected chi connectivity index (χ1v) is 4.83. The summed E-state index contributed by atoms with van der Waals surface area (Å²) < 4.78 is 0. The number of nitrogens with zero attached hydrogens (tertiary/aromatic N) is 1. The molecular formula is C10H12ClNO. The van der Waals surface area contributed by atoms with E-state index >= 15 is 0 Å². The largest absolute Gasteiger partial charge is 0.299 e. The van der Waals surface area contributed by atoms with E-state index < -0.39 is 0 Å². The van der Waals surface area contributed by atoms with Gasteiger partial charge in [-0.05, 0) is 24.1 Å². The molecule has 0 atom stereocenters. The van der Waals surface area contributed by atoms with Crippen LogP contribution in [0.1, 0.15) is 18.4 Å². The summed E-state index contributed by atoms with van der Waals surface area (Å²) in [6.45, 7) is 0. The Morgan fingerprint density at radius 3 is 2.69 bits per heavy atom. The maximum atomic E-state index is 11.3. The van der Waals surface area contributed by atoms with Gasteiger partial charge in [-0.3, -0.25) is 9.78 Å². The van der Waals surface area contributed by atoms with Gasteiger partial charge in [0, 0.05) is 31.1 Å². The van der Waals surface area contributed by atoms with E-state index in [1.807, 2.05) is 12.1 Å². The average Bonchev–Trinajstić information content (AvgIpc) is 2.16. The average molecular weight is 198 g/mol. The zero-order valence-corrected chi connectivity index (χ0v) is 8.13. The fraction of sp³-hybridized carbons (Fsp3) is 0.400. The monoisotopic (exact) mass is 197 g/mol. The molecule has 0 aliphatic heterocycles. The fourth-order valence-corrected chi connectivity index (χ4v) is 1.21. The highest BCUT2D eigenvalue weighted by Crippen LogP contribution is 2.02. The van der Waals surface area contributed by atoms with Crippen LogP contribution in [-0.2, 0) is 11.2 Å². The predicted molar refractivity (Wildman–Crippen MR) is 52.9 cm³/mol. The van der Waals surface area contributed by atoms with Crippen molar-refractivity contribution in [2.45, 2.75) is 19.3 Å². The molecule has 0 spiro atoms. The van der Waals surface area contributed by atoms with E-state index in [2.05, 4.69) is 4.98 Å². The molecule has 1 heterocycles. The third-order valence-electron chi connectivity index (χ3n) is 1.74. The first-order chi connectivity index (χ1) is 6.33. The Balaban J connectivity index is 2.37. The van der Waals surface area contributed by atoms with Crippen molar-refractivity contribution in [1.82, 2.24) is 4.98 Å². The van der Waals surface area contributed by atoms with Gasteiger partial charge in [-0.2, -0.15) is 0 Å². The molecule has 0 N–H and O–H groups in total. The molecular weight excluding hydrogens is 186 g/mol. The molecule has 0 amide bonds. The van der Waals surface area contributed by atoms with Crippen LogP contribution in [-0.4, -0.2) is 16.6 Å². The van der Waals surface area contributed by atoms with Crippen molar-refractivity contribution in [3.63, 3.8) is 0 Å². The molecule has 0 aliphatic carbocycles. The van der Waals surface area contributed by atoms with Crippen molar-refractivity contribution in [2.75, 3.05) is 5.88 Å². The minimum Gasteiger partial charge on any atom is -0.299 e. The Morgan fingerprint density at radius 1 is 1.38 bits per heavy atom. The lowest BCUT2D eigenvalue weighted by Gasteiger charge is -1.98. The molecule has 0 fully saturated rings. The number of rotatable bonds is 5. The van der Waals surface area contributed by atoms with Crippen LogP contribution < -0.4 is 0 Å². The van der Waals surface area contributed by atoms with Crippen molar-refractivity contribution in [3.8, 4) is 0 Å². The van der Waals surface area contributed by atoms with Crippen molar-refractivity contribution in [3.05, 3.63) is 30.1 Å². The quantitative estimate of drug-likeness (QED) is 0.678. The summed E-state index contributed by atoms with van der Waals surface area (Å²) in [6.07, 6.45) is 5.24. The second-order valence-corrected chi connectivity index (χ2v) is 3.24. The first-order valence-electron chi connectivity index (χ1n) is 4.29. The summed E-state index contributed by atoms with van der Waals surface area (Å²) >= 11 is 5.49. The summed E-state index contributed by atoms with van der Waals surface area (Å²) in [5, 5.41) is 0. The Kier molecular flexibility index (Phi) is 4.47. The minimum atomic E-state index is 0.242. The van der Waals surface area contributed by atoms with Gasteiger partial charge >= 0.3 is 0 Å². The van der Waals surface area contributed by atoms with Crippen molar-refractivity contribution in [2.24, 2.45) is 0 Å². The SMILES string of the molecule is O=C(CCCCl)Cc1ccncc1. The van der Waals surface area contributed by atoms with Crippen LogP contribution in [0.3, 0.4) is 0 Å². The van der Waals surface area contributed by atoms with Gasteiger partial charge in [0.1, 0.15) is 5.78 Å². The predicted octanol–water partition coefficient (Wildman–Crippen LogP) is 2.21. The van der Waals surface area contributed by atoms with E-state index in [1.165, 1.54) is 0 Å². The standard InChI is InChI=1S/C10H12ClNO/c11-5-1-2-10(13)8-9-3-6-12-7-4-9/h3-4,6-7H,1-2,5,8H2. The highest BCUT2D eigenvalue weighted by atomic mass is 35.5. The number of Topliss-reactive ketones (excluding diaryl/α,β-unsaturated/α-hetero) is 1. The van der Waals surface area contributed by atoms with E-state index in [1.54, 1.807) is 12.4 Å². The van der Waals surface area contributed by atoms with Crippen LogP contribution in [0.5, 0.6) is 0 Å². The van der Waals surface area contributed by atoms with Crippen molar-refractivity contribution >= 4 is 17.4 Å². The first kappa shape index (κ1) is 10.2. The van der Waals surface area contributed by atoms with Crippen molar-refractivity contribution in [1.29, 1.82) is 0 Å². The lowest BCUT2D eigenvalue weighted by molar-refractivity contribution is -0.118. The molecule has 0 saturated carbocycles. The highest BCUT2D eigenvalue weighted by molar-refractivity contribution is 6.17. The Morgan fingerprint density at radius 2 is 2.08 bits per heavy atom.